The lowest BCUT2D eigenvalue weighted by Crippen LogP contribution is -2.10. The second-order valence-corrected chi connectivity index (χ2v) is 3.28. The van der Waals surface area contributed by atoms with Crippen molar-refractivity contribution in [1.29, 1.82) is 5.41 Å². The van der Waals surface area contributed by atoms with E-state index in [1.54, 1.807) is 31.2 Å². The molecule has 1 aromatic carbocycles. The molecule has 0 radical (unpaired) electrons. The smallest absolute Gasteiger partial charge is 0.317 e. The lowest BCUT2D eigenvalue weighted by atomic mass is 10.1. The number of benzene rings is 1. The molecule has 0 fully saturated rings. The van der Waals surface area contributed by atoms with Gasteiger partial charge in [-0.05, 0) is 19.1 Å². The first-order valence-electron chi connectivity index (χ1n) is 5.22. The molecule has 4 nitrogen and oxygen atoms in total. The first kappa shape index (κ1) is 12.8. The minimum absolute atomic E-state index is 0.000886. The maximum atomic E-state index is 11.0. The Kier molecular flexibility index (Phi) is 4.77. The van der Waals surface area contributed by atoms with Crippen molar-refractivity contribution in [1.82, 2.24) is 0 Å². The SMILES string of the molecule is CCOC(=O)CC#Cc1cccc(C(=N)N)c1. The Bertz CT molecular complexity index is 484. The Labute approximate surface area is 100 Å². The normalized spacial score (nSPS) is 9.00. The first-order chi connectivity index (χ1) is 8.13. The predicted molar refractivity (Wildman–Crippen MR) is 65.6 cm³/mol. The fourth-order valence-corrected chi connectivity index (χ4v) is 1.19. The van der Waals surface area contributed by atoms with E-state index in [-0.39, 0.29) is 18.2 Å². The Morgan fingerprint density at radius 3 is 2.94 bits per heavy atom. The van der Waals surface area contributed by atoms with E-state index in [1.807, 2.05) is 0 Å². The van der Waals surface area contributed by atoms with Crippen molar-refractivity contribution in [2.45, 2.75) is 13.3 Å². The molecule has 88 valence electrons. The molecule has 3 N–H and O–H groups in total. The van der Waals surface area contributed by atoms with Crippen LogP contribution in [0.2, 0.25) is 0 Å². The zero-order chi connectivity index (χ0) is 12.7. The summed E-state index contributed by atoms with van der Waals surface area (Å²) >= 11 is 0. The van der Waals surface area contributed by atoms with Gasteiger partial charge in [-0.15, -0.1) is 0 Å². The molecule has 0 aromatic heterocycles. The number of amidine groups is 1. The minimum atomic E-state index is -0.331. The third-order valence-corrected chi connectivity index (χ3v) is 1.94. The van der Waals surface area contributed by atoms with Gasteiger partial charge in [-0.1, -0.05) is 24.0 Å². The maximum Gasteiger partial charge on any atom is 0.317 e. The number of hydrogen-bond acceptors (Lipinski definition) is 3. The Balaban J connectivity index is 2.69. The van der Waals surface area contributed by atoms with Gasteiger partial charge in [0.05, 0.1) is 6.61 Å². The van der Waals surface area contributed by atoms with E-state index >= 15 is 0 Å². The van der Waals surface area contributed by atoms with Gasteiger partial charge in [0.15, 0.2) is 0 Å². The number of nitrogen functional groups attached to an aromatic ring is 1. The van der Waals surface area contributed by atoms with Crippen molar-refractivity contribution < 1.29 is 9.53 Å². The number of esters is 1. The quantitative estimate of drug-likeness (QED) is 0.355. The van der Waals surface area contributed by atoms with Gasteiger partial charge < -0.3 is 10.5 Å². The van der Waals surface area contributed by atoms with Crippen molar-refractivity contribution in [3.63, 3.8) is 0 Å². The second kappa shape index (κ2) is 6.33. The molecule has 0 saturated carbocycles. The number of carbonyl (C=O) groups excluding carboxylic acids is 1. The summed E-state index contributed by atoms with van der Waals surface area (Å²) in [7, 11) is 0. The molecule has 0 spiro atoms. The number of rotatable bonds is 3. The summed E-state index contributed by atoms with van der Waals surface area (Å²) in [5.41, 5.74) is 6.70. The monoisotopic (exact) mass is 230 g/mol. The van der Waals surface area contributed by atoms with Crippen LogP contribution in [-0.2, 0) is 9.53 Å². The Morgan fingerprint density at radius 1 is 1.53 bits per heavy atom. The minimum Gasteiger partial charge on any atom is -0.465 e. The summed E-state index contributed by atoms with van der Waals surface area (Å²) in [5, 5.41) is 7.29. The zero-order valence-corrected chi connectivity index (χ0v) is 9.62. The van der Waals surface area contributed by atoms with E-state index < -0.39 is 0 Å². The molecular formula is C13H14N2O2. The lowest BCUT2D eigenvalue weighted by molar-refractivity contribution is -0.141. The number of nitrogens with two attached hydrogens (primary N) is 1. The maximum absolute atomic E-state index is 11.0. The highest BCUT2D eigenvalue weighted by Crippen LogP contribution is 2.03. The molecule has 4 heteroatoms. The van der Waals surface area contributed by atoms with E-state index in [2.05, 4.69) is 11.8 Å². The molecule has 17 heavy (non-hydrogen) atoms. The van der Waals surface area contributed by atoms with Crippen molar-refractivity contribution in [2.75, 3.05) is 6.61 Å². The standard InChI is InChI=1S/C13H14N2O2/c1-2-17-12(16)8-4-6-10-5-3-7-11(9-10)13(14)15/h3,5,7,9H,2,8H2,1H3,(H3,14,15). The summed E-state index contributed by atoms with van der Waals surface area (Å²) in [5.74, 6) is 5.21. The van der Waals surface area contributed by atoms with Crippen LogP contribution in [0.4, 0.5) is 0 Å². The molecule has 0 aliphatic heterocycles. The van der Waals surface area contributed by atoms with Crippen LogP contribution in [0.3, 0.4) is 0 Å². The van der Waals surface area contributed by atoms with Gasteiger partial charge in [0.2, 0.25) is 0 Å². The van der Waals surface area contributed by atoms with Crippen molar-refractivity contribution in [3.8, 4) is 11.8 Å². The van der Waals surface area contributed by atoms with Crippen molar-refractivity contribution in [3.05, 3.63) is 35.4 Å². The molecule has 1 aromatic rings. The van der Waals surface area contributed by atoms with Crippen molar-refractivity contribution in [2.24, 2.45) is 5.73 Å². The second-order valence-electron chi connectivity index (χ2n) is 3.28. The highest BCUT2D eigenvalue weighted by molar-refractivity contribution is 5.95. The van der Waals surface area contributed by atoms with Crippen LogP contribution in [0.15, 0.2) is 24.3 Å². The van der Waals surface area contributed by atoms with Crippen LogP contribution in [-0.4, -0.2) is 18.4 Å². The lowest BCUT2D eigenvalue weighted by Gasteiger charge is -1.98. The third kappa shape index (κ3) is 4.39. The predicted octanol–water partition coefficient (Wildman–Crippen LogP) is 1.28. The van der Waals surface area contributed by atoms with E-state index in [0.29, 0.717) is 12.2 Å². The molecule has 0 saturated heterocycles. The van der Waals surface area contributed by atoms with Crippen LogP contribution < -0.4 is 5.73 Å². The van der Waals surface area contributed by atoms with Gasteiger partial charge >= 0.3 is 5.97 Å². The fraction of sp³-hybridized carbons (Fsp3) is 0.231. The molecule has 0 unspecified atom stereocenters. The molecule has 0 aliphatic carbocycles. The molecule has 0 atom stereocenters. The largest absolute Gasteiger partial charge is 0.465 e. The third-order valence-electron chi connectivity index (χ3n) is 1.94. The first-order valence-corrected chi connectivity index (χ1v) is 5.22. The van der Waals surface area contributed by atoms with Gasteiger partial charge in [-0.25, -0.2) is 0 Å². The molecular weight excluding hydrogens is 216 g/mol. The summed E-state index contributed by atoms with van der Waals surface area (Å²) in [6, 6.07) is 7.01. The van der Waals surface area contributed by atoms with Gasteiger partial charge in [-0.2, -0.15) is 0 Å². The van der Waals surface area contributed by atoms with Crippen LogP contribution in [0.1, 0.15) is 24.5 Å². The summed E-state index contributed by atoms with van der Waals surface area (Å²) in [4.78, 5) is 11.0. The van der Waals surface area contributed by atoms with Gasteiger partial charge in [0.25, 0.3) is 0 Å². The summed E-state index contributed by atoms with van der Waals surface area (Å²) in [6.07, 6.45) is 0.0676. The number of carbonyl (C=O) groups is 1. The molecule has 1 rings (SSSR count). The van der Waals surface area contributed by atoms with Crippen LogP contribution in [0.5, 0.6) is 0 Å². The number of ether oxygens (including phenoxy) is 1. The Morgan fingerprint density at radius 2 is 2.29 bits per heavy atom. The fourth-order valence-electron chi connectivity index (χ4n) is 1.19. The van der Waals surface area contributed by atoms with Crippen LogP contribution in [0, 0.1) is 17.3 Å². The molecule has 0 bridgehead atoms. The molecule has 0 heterocycles. The van der Waals surface area contributed by atoms with E-state index in [0.717, 1.165) is 5.56 Å². The van der Waals surface area contributed by atoms with Crippen LogP contribution >= 0.6 is 0 Å². The summed E-state index contributed by atoms with van der Waals surface area (Å²) in [6.45, 7) is 2.11. The molecule has 0 amide bonds. The highest BCUT2D eigenvalue weighted by Gasteiger charge is 1.97. The Hall–Kier alpha value is -2.28. The van der Waals surface area contributed by atoms with Gasteiger partial charge in [0.1, 0.15) is 12.3 Å². The van der Waals surface area contributed by atoms with Gasteiger partial charge in [0, 0.05) is 11.1 Å². The van der Waals surface area contributed by atoms with Crippen LogP contribution in [0.25, 0.3) is 0 Å². The number of hydrogen-bond donors (Lipinski definition) is 2. The summed E-state index contributed by atoms with van der Waals surface area (Å²) < 4.78 is 4.75. The van der Waals surface area contributed by atoms with Gasteiger partial charge in [-0.3, -0.25) is 10.2 Å². The van der Waals surface area contributed by atoms with E-state index in [4.69, 9.17) is 15.9 Å². The molecule has 0 aliphatic rings. The van der Waals surface area contributed by atoms with E-state index in [9.17, 15) is 4.79 Å². The zero-order valence-electron chi connectivity index (χ0n) is 9.62. The average molecular weight is 230 g/mol. The highest BCUT2D eigenvalue weighted by atomic mass is 16.5. The topological polar surface area (TPSA) is 76.2 Å². The van der Waals surface area contributed by atoms with E-state index in [1.165, 1.54) is 0 Å². The average Bonchev–Trinajstić information content (AvgIpc) is 2.30. The van der Waals surface area contributed by atoms with Crippen molar-refractivity contribution >= 4 is 11.8 Å². The number of nitrogens with one attached hydrogen (secondary N) is 1.